The zero-order chi connectivity index (χ0) is 41.6. The summed E-state index contributed by atoms with van der Waals surface area (Å²) < 4.78 is 27.2. The van der Waals surface area contributed by atoms with E-state index in [9.17, 15) is 80.5 Å². The number of carbonyl (C=O) groups excluding carboxylic acids is 4. The second-order valence-corrected chi connectivity index (χ2v) is 12.3. The summed E-state index contributed by atoms with van der Waals surface area (Å²) in [6.45, 7) is -1.06. The molecule has 2 aliphatic rings. The molecule has 0 spiro atoms. The molecule has 2 aliphatic heterocycles. The molecule has 12 N–H and O–H groups in total. The van der Waals surface area contributed by atoms with E-state index in [0.29, 0.717) is 24.3 Å². The smallest absolute Gasteiger partial charge is 0.339 e. The van der Waals surface area contributed by atoms with Crippen LogP contribution in [-0.2, 0) is 28.5 Å². The number of phenolic OH excluding ortho intramolecular Hbond substituents is 11. The quantitative estimate of drug-likeness (QED) is 0.0587. The summed E-state index contributed by atoms with van der Waals surface area (Å²) in [7, 11) is 0. The molecule has 0 amide bonds. The normalized spacial score (nSPS) is 20.5. The van der Waals surface area contributed by atoms with Crippen molar-refractivity contribution in [1.29, 1.82) is 0 Å². The third-order valence-corrected chi connectivity index (χ3v) is 8.63. The van der Waals surface area contributed by atoms with Gasteiger partial charge < -0.3 is 85.0 Å². The van der Waals surface area contributed by atoms with Crippen molar-refractivity contribution in [1.82, 2.24) is 0 Å². The van der Waals surface area contributed by atoms with Crippen LogP contribution in [0.2, 0.25) is 0 Å². The number of rotatable bonds is 5. The fraction of sp³-hybridized carbons (Fsp3) is 0.167. The first kappa shape index (κ1) is 38.9. The van der Waals surface area contributed by atoms with Crippen LogP contribution in [0.1, 0.15) is 36.6 Å². The number of hydrogen-bond acceptors (Lipinski definition) is 21. The fourth-order valence-electron chi connectivity index (χ4n) is 5.82. The Bertz CT molecular complexity index is 2340. The molecule has 0 saturated carbocycles. The molecule has 1 fully saturated rings. The molecule has 0 aromatic heterocycles. The number of carbonyl (C=O) groups is 4. The first-order valence-electron chi connectivity index (χ1n) is 16.0. The van der Waals surface area contributed by atoms with Gasteiger partial charge in [0.05, 0.1) is 16.7 Å². The average molecular weight is 797 g/mol. The van der Waals surface area contributed by atoms with Crippen molar-refractivity contribution in [3.05, 3.63) is 70.8 Å². The zero-order valence-electron chi connectivity index (χ0n) is 28.3. The Morgan fingerprint density at radius 2 is 1.21 bits per heavy atom. The molecule has 5 atom stereocenters. The van der Waals surface area contributed by atoms with E-state index in [0.717, 1.165) is 24.3 Å². The molecule has 1 saturated heterocycles. The van der Waals surface area contributed by atoms with Crippen molar-refractivity contribution in [3.63, 3.8) is 0 Å². The maximum atomic E-state index is 14.0. The first-order chi connectivity index (χ1) is 26.9. The minimum Gasteiger partial charge on any atom is -0.504 e. The number of aromatic hydroxyl groups is 11. The molecule has 4 aromatic carbocycles. The molecule has 57 heavy (non-hydrogen) atoms. The largest absolute Gasteiger partial charge is 0.504 e. The summed E-state index contributed by atoms with van der Waals surface area (Å²) in [4.78, 5) is 53.9. The first-order valence-corrected chi connectivity index (χ1v) is 16.0. The van der Waals surface area contributed by atoms with Crippen molar-refractivity contribution >= 4 is 30.0 Å². The van der Waals surface area contributed by atoms with Crippen molar-refractivity contribution < 1.29 is 104 Å². The standard InChI is InChI=1S/C36H28O21/c37-15-3-1-11(5-16(15)38)2-4-22(43)55-36-30(49)32(57-33(50)12-6-17(39)25(44)18(40)7-12)31-21(54-36)10-53-34(51)13-8-19(41)26(45)28(47)23(13)24-14(35(52)56-31)9-20(42)27(46)29(24)48/h1-9,21,30-32,36-42,44-49H,10H2/t21-,30-,31+,32-,36+/m1/s1. The molecule has 6 rings (SSSR count). The van der Waals surface area contributed by atoms with Crippen molar-refractivity contribution in [3.8, 4) is 74.4 Å². The van der Waals surface area contributed by atoms with Crippen LogP contribution in [0.25, 0.3) is 17.2 Å². The molecule has 0 unspecified atom stereocenters. The Balaban J connectivity index is 1.45. The third kappa shape index (κ3) is 7.25. The highest BCUT2D eigenvalue weighted by Crippen LogP contribution is 2.53. The lowest BCUT2D eigenvalue weighted by molar-refractivity contribution is -0.289. The minimum atomic E-state index is -2.32. The summed E-state index contributed by atoms with van der Waals surface area (Å²) >= 11 is 0. The van der Waals surface area contributed by atoms with Crippen molar-refractivity contribution in [2.75, 3.05) is 6.61 Å². The summed E-state index contributed by atoms with van der Waals surface area (Å²) in [5.41, 5.74) is -4.23. The van der Waals surface area contributed by atoms with E-state index in [-0.39, 0.29) is 5.56 Å². The average Bonchev–Trinajstić information content (AvgIpc) is 3.18. The van der Waals surface area contributed by atoms with Gasteiger partial charge in [-0.15, -0.1) is 0 Å². The third-order valence-electron chi connectivity index (χ3n) is 8.63. The van der Waals surface area contributed by atoms with Gasteiger partial charge in [-0.05, 0) is 48.0 Å². The lowest BCUT2D eigenvalue weighted by Crippen LogP contribution is -2.62. The number of cyclic esters (lactones) is 1. The number of esters is 4. The predicted molar refractivity (Wildman–Crippen MR) is 182 cm³/mol. The number of hydrogen-bond donors (Lipinski definition) is 12. The van der Waals surface area contributed by atoms with Crippen LogP contribution in [0, 0.1) is 0 Å². The van der Waals surface area contributed by atoms with Gasteiger partial charge in [0, 0.05) is 17.2 Å². The maximum absolute atomic E-state index is 14.0. The van der Waals surface area contributed by atoms with Crippen LogP contribution >= 0.6 is 0 Å². The van der Waals surface area contributed by atoms with Gasteiger partial charge in [-0.2, -0.15) is 0 Å². The van der Waals surface area contributed by atoms with Crippen molar-refractivity contribution in [2.45, 2.75) is 30.7 Å². The van der Waals surface area contributed by atoms with Gasteiger partial charge in [0.2, 0.25) is 17.8 Å². The number of ether oxygens (including phenoxy) is 5. The number of aliphatic hydroxyl groups is 1. The van der Waals surface area contributed by atoms with Crippen LogP contribution in [0.5, 0.6) is 63.2 Å². The Morgan fingerprint density at radius 1 is 0.649 bits per heavy atom. The molecule has 0 radical (unpaired) electrons. The van der Waals surface area contributed by atoms with Crippen LogP contribution < -0.4 is 0 Å². The van der Waals surface area contributed by atoms with E-state index in [1.807, 2.05) is 0 Å². The molecule has 21 heteroatoms. The maximum Gasteiger partial charge on any atom is 0.339 e. The molecule has 21 nitrogen and oxygen atoms in total. The molecule has 0 bridgehead atoms. The molecule has 4 aromatic rings. The summed E-state index contributed by atoms with van der Waals surface area (Å²) in [5.74, 6) is -17.5. The molecule has 2 heterocycles. The van der Waals surface area contributed by atoms with E-state index in [1.165, 1.54) is 6.07 Å². The second-order valence-electron chi connectivity index (χ2n) is 12.3. The Hall–Kier alpha value is -7.78. The topological polar surface area (TPSA) is 357 Å². The van der Waals surface area contributed by atoms with E-state index >= 15 is 0 Å². The van der Waals surface area contributed by atoms with Gasteiger partial charge in [0.1, 0.15) is 12.7 Å². The summed E-state index contributed by atoms with van der Waals surface area (Å²) in [6.07, 6.45) is -8.86. The van der Waals surface area contributed by atoms with Gasteiger partial charge >= 0.3 is 23.9 Å². The van der Waals surface area contributed by atoms with E-state index in [1.54, 1.807) is 0 Å². The Morgan fingerprint density at radius 3 is 1.79 bits per heavy atom. The number of benzene rings is 4. The number of fused-ring (bicyclic) bond motifs is 4. The molecule has 0 aliphatic carbocycles. The lowest BCUT2D eigenvalue weighted by atomic mass is 9.92. The van der Waals surface area contributed by atoms with Crippen LogP contribution in [0.3, 0.4) is 0 Å². The number of phenols is 11. The van der Waals surface area contributed by atoms with Gasteiger partial charge in [-0.25, -0.2) is 19.2 Å². The Kier molecular flexibility index (Phi) is 10.1. The summed E-state index contributed by atoms with van der Waals surface area (Å²) in [6, 6.07) is 5.80. The van der Waals surface area contributed by atoms with E-state index in [2.05, 4.69) is 0 Å². The SMILES string of the molecule is O=C(C=Cc1ccc(O)c(O)c1)O[C@@H]1O[C@@H]2COC(=O)c3cc(O)c(O)c(O)c3-c3c(cc(O)c(O)c3O)C(=O)O[C@@H]2[C@H](OC(=O)c2cc(O)c(O)c(O)c2)[C@H]1O. The van der Waals surface area contributed by atoms with E-state index < -0.39 is 152 Å². The van der Waals surface area contributed by atoms with Gasteiger partial charge in [-0.3, -0.25) is 0 Å². The lowest BCUT2D eigenvalue weighted by Gasteiger charge is -2.42. The highest BCUT2D eigenvalue weighted by Gasteiger charge is 2.52. The molecular weight excluding hydrogens is 768 g/mol. The van der Waals surface area contributed by atoms with Crippen LogP contribution in [-0.4, -0.2) is 122 Å². The highest BCUT2D eigenvalue weighted by atomic mass is 16.7. The van der Waals surface area contributed by atoms with Gasteiger partial charge in [0.15, 0.2) is 70.1 Å². The predicted octanol–water partition coefficient (Wildman–Crippen LogP) is 1.38. The van der Waals surface area contributed by atoms with Crippen molar-refractivity contribution in [2.24, 2.45) is 0 Å². The van der Waals surface area contributed by atoms with Crippen LogP contribution in [0.15, 0.2) is 48.5 Å². The summed E-state index contributed by atoms with van der Waals surface area (Å²) in [5, 5.41) is 123. The molecule has 298 valence electrons. The monoisotopic (exact) mass is 796 g/mol. The van der Waals surface area contributed by atoms with Gasteiger partial charge in [-0.1, -0.05) is 6.07 Å². The fourth-order valence-corrected chi connectivity index (χ4v) is 5.82. The van der Waals surface area contributed by atoms with Gasteiger partial charge in [0.25, 0.3) is 0 Å². The van der Waals surface area contributed by atoms with Crippen LogP contribution in [0.4, 0.5) is 0 Å². The second kappa shape index (κ2) is 14.8. The Labute approximate surface area is 316 Å². The molecular formula is C36H28O21. The number of aliphatic hydroxyl groups excluding tert-OH is 1. The highest BCUT2D eigenvalue weighted by molar-refractivity contribution is 6.08. The minimum absolute atomic E-state index is 0.179. The zero-order valence-corrected chi connectivity index (χ0v) is 28.3. The van der Waals surface area contributed by atoms with E-state index in [4.69, 9.17) is 23.7 Å².